The number of nitrogens with one attached hydrogen (secondary N) is 1. The molecule has 0 spiro atoms. The Bertz CT molecular complexity index is 688. The highest BCUT2D eigenvalue weighted by Crippen LogP contribution is 2.47. The van der Waals surface area contributed by atoms with E-state index >= 15 is 0 Å². The van der Waals surface area contributed by atoms with E-state index in [1.165, 1.54) is 0 Å². The van der Waals surface area contributed by atoms with Gasteiger partial charge in [0.25, 0.3) is 0 Å². The van der Waals surface area contributed by atoms with Crippen molar-refractivity contribution in [1.82, 2.24) is 4.98 Å². The number of fused-ring (bicyclic) bond motifs is 1. The molecule has 0 fully saturated rings. The number of aromatic nitrogens is 1. The lowest BCUT2D eigenvalue weighted by Crippen LogP contribution is -2.31. The van der Waals surface area contributed by atoms with E-state index in [1.54, 1.807) is 20.4 Å². The highest BCUT2D eigenvalue weighted by atomic mass is 16.6. The molecule has 2 atom stereocenters. The molecule has 23 heavy (non-hydrogen) atoms. The molecule has 1 N–H and O–H groups in total. The summed E-state index contributed by atoms with van der Waals surface area (Å²) >= 11 is 0. The van der Waals surface area contributed by atoms with E-state index < -0.39 is 0 Å². The third kappa shape index (κ3) is 2.84. The SMILES string of the molecule is CNc1cc(OC)c2c(c1)OC(C)C(c1ccc(OC)nc1)O2. The van der Waals surface area contributed by atoms with Gasteiger partial charge in [0.05, 0.1) is 14.2 Å². The minimum Gasteiger partial charge on any atom is -0.493 e. The Morgan fingerprint density at radius 1 is 1.13 bits per heavy atom. The van der Waals surface area contributed by atoms with Gasteiger partial charge in [0.2, 0.25) is 11.6 Å². The summed E-state index contributed by atoms with van der Waals surface area (Å²) in [6, 6.07) is 7.51. The first kappa shape index (κ1) is 15.3. The van der Waals surface area contributed by atoms with E-state index in [4.69, 9.17) is 18.9 Å². The summed E-state index contributed by atoms with van der Waals surface area (Å²) in [5, 5.41) is 3.08. The predicted molar refractivity (Wildman–Crippen MR) is 86.8 cm³/mol. The highest BCUT2D eigenvalue weighted by molar-refractivity contribution is 5.63. The summed E-state index contributed by atoms with van der Waals surface area (Å²) in [7, 11) is 5.05. The zero-order valence-corrected chi connectivity index (χ0v) is 13.6. The summed E-state index contributed by atoms with van der Waals surface area (Å²) in [5.41, 5.74) is 1.82. The number of hydrogen-bond acceptors (Lipinski definition) is 6. The van der Waals surface area contributed by atoms with Crippen LogP contribution in [-0.4, -0.2) is 32.4 Å². The molecule has 2 heterocycles. The molecule has 1 aliphatic heterocycles. The van der Waals surface area contributed by atoms with Crippen molar-refractivity contribution in [3.05, 3.63) is 36.0 Å². The summed E-state index contributed by atoms with van der Waals surface area (Å²) in [6.07, 6.45) is 1.31. The van der Waals surface area contributed by atoms with Crippen molar-refractivity contribution >= 4 is 5.69 Å². The Labute approximate surface area is 135 Å². The number of anilines is 1. The van der Waals surface area contributed by atoms with Crippen molar-refractivity contribution in [2.24, 2.45) is 0 Å². The van der Waals surface area contributed by atoms with Crippen LogP contribution in [0.25, 0.3) is 0 Å². The average molecular weight is 316 g/mol. The van der Waals surface area contributed by atoms with E-state index in [9.17, 15) is 0 Å². The summed E-state index contributed by atoms with van der Waals surface area (Å²) in [4.78, 5) is 4.23. The number of ether oxygens (including phenoxy) is 4. The van der Waals surface area contributed by atoms with E-state index in [1.807, 2.05) is 38.2 Å². The molecule has 0 saturated heterocycles. The molecule has 3 rings (SSSR count). The molecule has 0 radical (unpaired) electrons. The maximum absolute atomic E-state index is 6.17. The van der Waals surface area contributed by atoms with Crippen LogP contribution in [0, 0.1) is 0 Å². The molecular weight excluding hydrogens is 296 g/mol. The van der Waals surface area contributed by atoms with Crippen LogP contribution in [-0.2, 0) is 0 Å². The lowest BCUT2D eigenvalue weighted by molar-refractivity contribution is 0.0279. The van der Waals surface area contributed by atoms with Crippen LogP contribution < -0.4 is 24.3 Å². The number of pyridine rings is 1. The fraction of sp³-hybridized carbons (Fsp3) is 0.353. The van der Waals surface area contributed by atoms with Crippen molar-refractivity contribution < 1.29 is 18.9 Å². The standard InChI is InChI=1S/C17H20N2O4/c1-10-16(11-5-6-15(21-4)19-9-11)23-17-13(20-3)7-12(18-2)8-14(17)22-10/h5-10,16,18H,1-4H3. The average Bonchev–Trinajstić information content (AvgIpc) is 2.60. The molecule has 0 amide bonds. The molecule has 2 unspecified atom stereocenters. The van der Waals surface area contributed by atoms with Gasteiger partial charge in [-0.3, -0.25) is 0 Å². The highest BCUT2D eigenvalue weighted by Gasteiger charge is 2.32. The Morgan fingerprint density at radius 3 is 2.57 bits per heavy atom. The number of nitrogens with zero attached hydrogens (tertiary/aromatic N) is 1. The van der Waals surface area contributed by atoms with Crippen molar-refractivity contribution in [2.45, 2.75) is 19.1 Å². The molecule has 122 valence electrons. The van der Waals surface area contributed by atoms with Gasteiger partial charge in [-0.2, -0.15) is 0 Å². The van der Waals surface area contributed by atoms with Crippen LogP contribution in [0.1, 0.15) is 18.6 Å². The minimum atomic E-state index is -0.268. The van der Waals surface area contributed by atoms with Crippen LogP contribution in [0.5, 0.6) is 23.1 Å². The van der Waals surface area contributed by atoms with Crippen molar-refractivity contribution in [1.29, 1.82) is 0 Å². The Kier molecular flexibility index (Phi) is 4.14. The molecule has 1 aliphatic rings. The lowest BCUT2D eigenvalue weighted by atomic mass is 10.1. The molecule has 0 bridgehead atoms. The third-order valence-corrected chi connectivity index (χ3v) is 3.81. The van der Waals surface area contributed by atoms with Gasteiger partial charge in [0.1, 0.15) is 6.10 Å². The smallest absolute Gasteiger partial charge is 0.212 e. The van der Waals surface area contributed by atoms with Crippen LogP contribution in [0.2, 0.25) is 0 Å². The molecule has 6 heteroatoms. The first-order chi connectivity index (χ1) is 11.2. The van der Waals surface area contributed by atoms with Crippen LogP contribution in [0.3, 0.4) is 0 Å². The number of benzene rings is 1. The van der Waals surface area contributed by atoms with Gasteiger partial charge in [-0.25, -0.2) is 4.98 Å². The summed E-state index contributed by atoms with van der Waals surface area (Å²) in [5.74, 6) is 2.46. The van der Waals surface area contributed by atoms with E-state index in [0.717, 1.165) is 11.3 Å². The first-order valence-corrected chi connectivity index (χ1v) is 7.39. The van der Waals surface area contributed by atoms with Gasteiger partial charge in [-0.15, -0.1) is 0 Å². The van der Waals surface area contributed by atoms with Crippen LogP contribution in [0.15, 0.2) is 30.5 Å². The van der Waals surface area contributed by atoms with Gasteiger partial charge in [-0.05, 0) is 13.0 Å². The zero-order chi connectivity index (χ0) is 16.4. The maximum Gasteiger partial charge on any atom is 0.212 e. The van der Waals surface area contributed by atoms with Crippen LogP contribution in [0.4, 0.5) is 5.69 Å². The Balaban J connectivity index is 1.95. The van der Waals surface area contributed by atoms with Crippen molar-refractivity contribution in [3.63, 3.8) is 0 Å². The van der Waals surface area contributed by atoms with Gasteiger partial charge in [-0.1, -0.05) is 0 Å². The van der Waals surface area contributed by atoms with Gasteiger partial charge in [0, 0.05) is 42.7 Å². The zero-order valence-electron chi connectivity index (χ0n) is 13.6. The number of hydrogen-bond donors (Lipinski definition) is 1. The lowest BCUT2D eigenvalue weighted by Gasteiger charge is -2.33. The molecular formula is C17H20N2O4. The quantitative estimate of drug-likeness (QED) is 0.935. The number of rotatable bonds is 4. The normalized spacial score (nSPS) is 19.1. The summed E-state index contributed by atoms with van der Waals surface area (Å²) < 4.78 is 22.7. The number of methoxy groups -OCH3 is 2. The van der Waals surface area contributed by atoms with E-state index in [0.29, 0.717) is 23.1 Å². The van der Waals surface area contributed by atoms with Crippen molar-refractivity contribution in [3.8, 4) is 23.1 Å². The Morgan fingerprint density at radius 2 is 1.96 bits per heavy atom. The minimum absolute atomic E-state index is 0.158. The second kappa shape index (κ2) is 6.24. The second-order valence-corrected chi connectivity index (χ2v) is 5.25. The van der Waals surface area contributed by atoms with Gasteiger partial charge in [0.15, 0.2) is 17.6 Å². The first-order valence-electron chi connectivity index (χ1n) is 7.39. The molecule has 0 saturated carbocycles. The molecule has 0 aliphatic carbocycles. The predicted octanol–water partition coefficient (Wildman–Crippen LogP) is 3.04. The Hall–Kier alpha value is -2.63. The second-order valence-electron chi connectivity index (χ2n) is 5.25. The fourth-order valence-electron chi connectivity index (χ4n) is 2.58. The molecule has 6 nitrogen and oxygen atoms in total. The van der Waals surface area contributed by atoms with Gasteiger partial charge < -0.3 is 24.3 Å². The largest absolute Gasteiger partial charge is 0.493 e. The topological polar surface area (TPSA) is 61.8 Å². The molecule has 1 aromatic carbocycles. The van der Waals surface area contributed by atoms with E-state index in [2.05, 4.69) is 10.3 Å². The maximum atomic E-state index is 6.17. The fourth-order valence-corrected chi connectivity index (χ4v) is 2.58. The van der Waals surface area contributed by atoms with Crippen molar-refractivity contribution in [2.75, 3.05) is 26.6 Å². The summed E-state index contributed by atoms with van der Waals surface area (Å²) in [6.45, 7) is 1.97. The monoisotopic (exact) mass is 316 g/mol. The van der Waals surface area contributed by atoms with Crippen LogP contribution >= 0.6 is 0 Å². The van der Waals surface area contributed by atoms with Gasteiger partial charge >= 0.3 is 0 Å². The van der Waals surface area contributed by atoms with E-state index in [-0.39, 0.29) is 12.2 Å². The molecule has 2 aromatic rings. The molecule has 1 aromatic heterocycles. The third-order valence-electron chi connectivity index (χ3n) is 3.81.